The van der Waals surface area contributed by atoms with Crippen molar-refractivity contribution in [3.63, 3.8) is 0 Å². The Hall–Kier alpha value is -2.30. The van der Waals surface area contributed by atoms with Crippen LogP contribution in [0.25, 0.3) is 0 Å². The average Bonchev–Trinajstić information content (AvgIpc) is 3.06. The van der Waals surface area contributed by atoms with Crippen molar-refractivity contribution in [2.24, 2.45) is 7.05 Å². The first-order valence-corrected chi connectivity index (χ1v) is 9.56. The van der Waals surface area contributed by atoms with E-state index in [-0.39, 0.29) is 12.5 Å². The molecule has 0 aliphatic carbocycles. The zero-order chi connectivity index (χ0) is 21.9. The molecule has 1 aromatic rings. The standard InChI is InChI=1S/C18H29F3N4O4/c1-3-29-14(26)8-6-4-5-7-10-23-16(27)24-11-9-17(28,18(19,20)21)15-22-12-13-25(15)2/h12-13,28H,3-11H2,1-2H3,(H2,23,24,27). The Morgan fingerprint density at radius 2 is 1.83 bits per heavy atom. The van der Waals surface area contributed by atoms with Crippen molar-refractivity contribution >= 4 is 12.0 Å². The second-order valence-corrected chi connectivity index (χ2v) is 6.62. The number of esters is 1. The number of ether oxygens (including phenoxy) is 1. The lowest BCUT2D eigenvalue weighted by Gasteiger charge is -2.29. The third-order valence-electron chi connectivity index (χ3n) is 4.33. The summed E-state index contributed by atoms with van der Waals surface area (Å²) in [5.41, 5.74) is -3.16. The topological polar surface area (TPSA) is 105 Å². The number of imidazole rings is 1. The zero-order valence-corrected chi connectivity index (χ0v) is 16.7. The Morgan fingerprint density at radius 3 is 2.41 bits per heavy atom. The molecule has 1 aromatic heterocycles. The van der Waals surface area contributed by atoms with Gasteiger partial charge in [0.1, 0.15) is 5.82 Å². The molecular weight excluding hydrogens is 393 g/mol. The highest BCUT2D eigenvalue weighted by atomic mass is 19.4. The molecule has 1 atom stereocenters. The SMILES string of the molecule is CCOC(=O)CCCCCCNC(=O)NCCC(O)(c1nccn1C)C(F)(F)F. The van der Waals surface area contributed by atoms with Crippen molar-refractivity contribution in [2.45, 2.75) is 57.2 Å². The number of hydrogen-bond donors (Lipinski definition) is 3. The minimum atomic E-state index is -4.94. The number of urea groups is 1. The van der Waals surface area contributed by atoms with Crippen LogP contribution in [0.4, 0.5) is 18.0 Å². The van der Waals surface area contributed by atoms with E-state index in [2.05, 4.69) is 15.6 Å². The van der Waals surface area contributed by atoms with Gasteiger partial charge in [0.05, 0.1) is 6.61 Å². The van der Waals surface area contributed by atoms with E-state index in [0.29, 0.717) is 32.4 Å². The van der Waals surface area contributed by atoms with Crippen LogP contribution < -0.4 is 10.6 Å². The molecule has 0 spiro atoms. The molecule has 0 bridgehead atoms. The molecule has 1 unspecified atom stereocenters. The van der Waals surface area contributed by atoms with Crippen molar-refractivity contribution in [3.8, 4) is 0 Å². The molecule has 11 heteroatoms. The van der Waals surface area contributed by atoms with Crippen molar-refractivity contribution in [3.05, 3.63) is 18.2 Å². The number of rotatable bonds is 12. The molecule has 0 aliphatic heterocycles. The van der Waals surface area contributed by atoms with E-state index in [1.807, 2.05) is 0 Å². The Balaban J connectivity index is 2.27. The Labute approximate surface area is 167 Å². The largest absolute Gasteiger partial charge is 0.466 e. The molecule has 0 fully saturated rings. The predicted octanol–water partition coefficient (Wildman–Crippen LogP) is 2.37. The van der Waals surface area contributed by atoms with Gasteiger partial charge in [-0.3, -0.25) is 4.79 Å². The fraction of sp³-hybridized carbons (Fsp3) is 0.722. The van der Waals surface area contributed by atoms with Crippen molar-refractivity contribution in [1.29, 1.82) is 0 Å². The highest BCUT2D eigenvalue weighted by Gasteiger charge is 2.57. The van der Waals surface area contributed by atoms with Crippen LogP contribution in [0, 0.1) is 0 Å². The van der Waals surface area contributed by atoms with Gasteiger partial charge >= 0.3 is 18.2 Å². The number of aliphatic hydroxyl groups is 1. The Morgan fingerprint density at radius 1 is 1.17 bits per heavy atom. The number of halogens is 3. The quantitative estimate of drug-likeness (QED) is 0.354. The lowest BCUT2D eigenvalue weighted by molar-refractivity contribution is -0.272. The van der Waals surface area contributed by atoms with E-state index in [4.69, 9.17) is 4.74 Å². The Bertz CT molecular complexity index is 651. The lowest BCUT2D eigenvalue weighted by Crippen LogP contribution is -2.47. The van der Waals surface area contributed by atoms with Gasteiger partial charge < -0.3 is 25.0 Å². The number of alkyl halides is 3. The van der Waals surface area contributed by atoms with Crippen LogP contribution >= 0.6 is 0 Å². The smallest absolute Gasteiger partial charge is 0.424 e. The van der Waals surface area contributed by atoms with Gasteiger partial charge in [-0.15, -0.1) is 0 Å². The van der Waals surface area contributed by atoms with Crippen molar-refractivity contribution in [2.75, 3.05) is 19.7 Å². The third-order valence-corrected chi connectivity index (χ3v) is 4.33. The third kappa shape index (κ3) is 7.92. The molecular formula is C18H29F3N4O4. The summed E-state index contributed by atoms with van der Waals surface area (Å²) < 4.78 is 46.0. The molecule has 0 radical (unpaired) electrons. The van der Waals surface area contributed by atoms with Gasteiger partial charge in [0.25, 0.3) is 0 Å². The molecule has 1 rings (SSSR count). The van der Waals surface area contributed by atoms with Crippen LogP contribution in [0.3, 0.4) is 0 Å². The number of unbranched alkanes of at least 4 members (excludes halogenated alkanes) is 3. The molecule has 3 N–H and O–H groups in total. The van der Waals surface area contributed by atoms with E-state index >= 15 is 0 Å². The number of nitrogens with zero attached hydrogens (tertiary/aromatic N) is 2. The van der Waals surface area contributed by atoms with Crippen LogP contribution in [0.5, 0.6) is 0 Å². The van der Waals surface area contributed by atoms with Gasteiger partial charge in [0, 0.05) is 45.4 Å². The zero-order valence-electron chi connectivity index (χ0n) is 16.7. The minimum absolute atomic E-state index is 0.227. The van der Waals surface area contributed by atoms with Gasteiger partial charge in [-0.2, -0.15) is 13.2 Å². The number of aryl methyl sites for hydroxylation is 1. The Kier molecular flexibility index (Phi) is 9.93. The molecule has 0 aliphatic rings. The molecule has 2 amide bonds. The van der Waals surface area contributed by atoms with Crippen LogP contribution in [0.15, 0.2) is 12.4 Å². The number of aromatic nitrogens is 2. The van der Waals surface area contributed by atoms with Gasteiger partial charge in [-0.05, 0) is 19.8 Å². The maximum Gasteiger partial charge on any atom is 0.424 e. The summed E-state index contributed by atoms with van der Waals surface area (Å²) >= 11 is 0. The summed E-state index contributed by atoms with van der Waals surface area (Å²) in [7, 11) is 1.35. The van der Waals surface area contributed by atoms with E-state index < -0.39 is 30.1 Å². The lowest BCUT2D eigenvalue weighted by atomic mass is 9.97. The second kappa shape index (κ2) is 11.6. The fourth-order valence-electron chi connectivity index (χ4n) is 2.75. The van der Waals surface area contributed by atoms with Crippen molar-refractivity contribution in [1.82, 2.24) is 20.2 Å². The van der Waals surface area contributed by atoms with Crippen LogP contribution in [0.1, 0.15) is 51.3 Å². The van der Waals surface area contributed by atoms with Gasteiger partial charge in [0.15, 0.2) is 0 Å². The second-order valence-electron chi connectivity index (χ2n) is 6.62. The predicted molar refractivity (Wildman–Crippen MR) is 98.9 cm³/mol. The van der Waals surface area contributed by atoms with Crippen LogP contribution in [-0.2, 0) is 22.2 Å². The number of amides is 2. The van der Waals surface area contributed by atoms with Gasteiger partial charge in [-0.25, -0.2) is 9.78 Å². The first-order chi connectivity index (χ1) is 13.6. The molecule has 29 heavy (non-hydrogen) atoms. The normalized spacial score (nSPS) is 13.6. The first-order valence-electron chi connectivity index (χ1n) is 9.56. The molecule has 0 saturated carbocycles. The number of carbonyl (C=O) groups excluding carboxylic acids is 2. The molecule has 0 saturated heterocycles. The summed E-state index contributed by atoms with van der Waals surface area (Å²) in [5, 5.41) is 15.0. The summed E-state index contributed by atoms with van der Waals surface area (Å²) in [6.45, 7) is 2.08. The van der Waals surface area contributed by atoms with Crippen LogP contribution in [0.2, 0.25) is 0 Å². The van der Waals surface area contributed by atoms with Gasteiger partial charge in [-0.1, -0.05) is 12.8 Å². The fourth-order valence-corrected chi connectivity index (χ4v) is 2.75. The summed E-state index contributed by atoms with van der Waals surface area (Å²) in [4.78, 5) is 26.5. The first kappa shape index (κ1) is 24.7. The molecule has 1 heterocycles. The molecule has 166 valence electrons. The maximum absolute atomic E-state index is 13.4. The molecule has 8 nitrogen and oxygen atoms in total. The summed E-state index contributed by atoms with van der Waals surface area (Å²) in [6.07, 6.45) is 0.121. The minimum Gasteiger partial charge on any atom is -0.466 e. The molecule has 0 aromatic carbocycles. The van der Waals surface area contributed by atoms with E-state index in [1.165, 1.54) is 19.4 Å². The summed E-state index contributed by atoms with van der Waals surface area (Å²) in [6, 6.07) is -0.610. The maximum atomic E-state index is 13.4. The van der Waals surface area contributed by atoms with E-state index in [0.717, 1.165) is 17.4 Å². The highest BCUT2D eigenvalue weighted by molar-refractivity contribution is 5.73. The van der Waals surface area contributed by atoms with Gasteiger partial charge in [0.2, 0.25) is 5.60 Å². The number of hydrogen-bond acceptors (Lipinski definition) is 5. The van der Waals surface area contributed by atoms with Crippen molar-refractivity contribution < 1.29 is 32.6 Å². The highest BCUT2D eigenvalue weighted by Crippen LogP contribution is 2.40. The van der Waals surface area contributed by atoms with E-state index in [1.54, 1.807) is 6.92 Å². The monoisotopic (exact) mass is 422 g/mol. The average molecular weight is 422 g/mol. The number of carbonyl (C=O) groups is 2. The number of nitrogens with one attached hydrogen (secondary N) is 2. The summed E-state index contributed by atoms with van der Waals surface area (Å²) in [5.74, 6) is -0.760. The van der Waals surface area contributed by atoms with Crippen LogP contribution in [-0.4, -0.2) is 52.5 Å². The van der Waals surface area contributed by atoms with E-state index in [9.17, 15) is 27.9 Å².